The van der Waals surface area contributed by atoms with Gasteiger partial charge in [0.1, 0.15) is 5.82 Å². The maximum absolute atomic E-state index is 13.7. The molecular formula is C16H23Cl2FN2O2. The lowest BCUT2D eigenvalue weighted by atomic mass is 9.79. The molecule has 1 aromatic carbocycles. The summed E-state index contributed by atoms with van der Waals surface area (Å²) in [6, 6.07) is 4.43. The Morgan fingerprint density at radius 2 is 2.13 bits per heavy atom. The average Bonchev–Trinajstić information content (AvgIpc) is 2.50. The molecule has 0 aliphatic carbocycles. The van der Waals surface area contributed by atoms with Crippen molar-refractivity contribution in [2.24, 2.45) is 5.41 Å². The van der Waals surface area contributed by atoms with Crippen LogP contribution < -0.4 is 10.6 Å². The zero-order valence-corrected chi connectivity index (χ0v) is 14.7. The van der Waals surface area contributed by atoms with Gasteiger partial charge in [0.05, 0.1) is 13.0 Å². The fourth-order valence-corrected chi connectivity index (χ4v) is 3.08. The molecule has 0 atom stereocenters. The van der Waals surface area contributed by atoms with Gasteiger partial charge in [0.25, 0.3) is 0 Å². The van der Waals surface area contributed by atoms with E-state index in [4.69, 9.17) is 16.3 Å². The van der Waals surface area contributed by atoms with Crippen LogP contribution in [0.5, 0.6) is 0 Å². The van der Waals surface area contributed by atoms with Crippen LogP contribution in [-0.4, -0.2) is 39.3 Å². The summed E-state index contributed by atoms with van der Waals surface area (Å²) in [4.78, 5) is 12.1. The second-order valence-corrected chi connectivity index (χ2v) is 6.24. The highest BCUT2D eigenvalue weighted by molar-refractivity contribution is 6.31. The van der Waals surface area contributed by atoms with E-state index in [2.05, 4.69) is 10.6 Å². The molecule has 1 aliphatic heterocycles. The second kappa shape index (κ2) is 9.42. The van der Waals surface area contributed by atoms with Gasteiger partial charge in [0, 0.05) is 29.7 Å². The number of carbonyl (C=O) groups excluding carboxylic acids is 1. The Kier molecular flexibility index (Phi) is 8.26. The number of carbonyl (C=O) groups is 1. The Bertz CT molecular complexity index is 497. The van der Waals surface area contributed by atoms with Gasteiger partial charge in [-0.05, 0) is 38.1 Å². The van der Waals surface area contributed by atoms with Crippen molar-refractivity contribution >= 4 is 29.9 Å². The molecule has 0 saturated carbocycles. The van der Waals surface area contributed by atoms with E-state index in [-0.39, 0.29) is 40.7 Å². The highest BCUT2D eigenvalue weighted by Gasteiger charge is 2.32. The minimum atomic E-state index is -0.448. The van der Waals surface area contributed by atoms with Crippen LogP contribution in [0.1, 0.15) is 18.4 Å². The quantitative estimate of drug-likeness (QED) is 0.815. The number of methoxy groups -OCH3 is 1. The lowest BCUT2D eigenvalue weighted by Crippen LogP contribution is -2.47. The smallest absolute Gasteiger partial charge is 0.224 e. The molecule has 2 N–H and O–H groups in total. The lowest BCUT2D eigenvalue weighted by Gasteiger charge is -2.37. The van der Waals surface area contributed by atoms with E-state index in [9.17, 15) is 9.18 Å². The van der Waals surface area contributed by atoms with E-state index in [1.54, 1.807) is 13.2 Å². The van der Waals surface area contributed by atoms with E-state index in [1.807, 2.05) is 0 Å². The normalized spacial score (nSPS) is 16.5. The van der Waals surface area contributed by atoms with Crippen molar-refractivity contribution in [3.05, 3.63) is 34.6 Å². The molecule has 0 unspecified atom stereocenters. The summed E-state index contributed by atoms with van der Waals surface area (Å²) in [6.07, 6.45) is 1.84. The van der Waals surface area contributed by atoms with Crippen LogP contribution in [0, 0.1) is 11.2 Å². The predicted octanol–water partition coefficient (Wildman–Crippen LogP) is 2.58. The number of hydrogen-bond donors (Lipinski definition) is 2. The molecule has 1 fully saturated rings. The first-order chi connectivity index (χ1) is 10.6. The standard InChI is InChI=1S/C16H22ClFN2O2.ClH/c1-22-11-16(5-7-19-8-6-16)10-20-15(21)9-12-13(17)3-2-4-14(12)18;/h2-4,19H,5-11H2,1H3,(H,20,21);1H. The molecule has 1 aliphatic rings. The number of nitrogens with one attached hydrogen (secondary N) is 2. The number of amides is 1. The summed E-state index contributed by atoms with van der Waals surface area (Å²) in [5.41, 5.74) is 0.196. The first-order valence-corrected chi connectivity index (χ1v) is 7.83. The summed E-state index contributed by atoms with van der Waals surface area (Å²) in [5, 5.41) is 6.50. The number of ether oxygens (including phenoxy) is 1. The second-order valence-electron chi connectivity index (χ2n) is 5.84. The third kappa shape index (κ3) is 5.60. The molecule has 1 amide bonds. The molecule has 1 saturated heterocycles. The summed E-state index contributed by atoms with van der Waals surface area (Å²) in [7, 11) is 1.67. The first kappa shape index (κ1) is 20.2. The minimum absolute atomic E-state index is 0. The van der Waals surface area contributed by atoms with E-state index >= 15 is 0 Å². The summed E-state index contributed by atoms with van der Waals surface area (Å²) in [5.74, 6) is -0.669. The van der Waals surface area contributed by atoms with Gasteiger partial charge in [0.15, 0.2) is 0 Å². The van der Waals surface area contributed by atoms with Crippen molar-refractivity contribution < 1.29 is 13.9 Å². The minimum Gasteiger partial charge on any atom is -0.384 e. The molecule has 1 heterocycles. The fourth-order valence-electron chi connectivity index (χ4n) is 2.85. The zero-order valence-electron chi connectivity index (χ0n) is 13.2. The van der Waals surface area contributed by atoms with Crippen molar-refractivity contribution in [1.29, 1.82) is 0 Å². The number of benzene rings is 1. The first-order valence-electron chi connectivity index (χ1n) is 7.46. The zero-order chi connectivity index (χ0) is 16.0. The SMILES string of the molecule is COCC1(CNC(=O)Cc2c(F)cccc2Cl)CCNCC1.Cl. The molecular weight excluding hydrogens is 342 g/mol. The molecule has 0 bridgehead atoms. The topological polar surface area (TPSA) is 50.4 Å². The Hall–Kier alpha value is -0.880. The molecule has 2 rings (SSSR count). The van der Waals surface area contributed by atoms with Crippen molar-refractivity contribution in [1.82, 2.24) is 10.6 Å². The highest BCUT2D eigenvalue weighted by Crippen LogP contribution is 2.28. The summed E-state index contributed by atoms with van der Waals surface area (Å²) in [6.45, 7) is 2.97. The van der Waals surface area contributed by atoms with E-state index in [0.29, 0.717) is 13.2 Å². The number of hydrogen-bond acceptors (Lipinski definition) is 3. The van der Waals surface area contributed by atoms with Gasteiger partial charge >= 0.3 is 0 Å². The molecule has 0 aromatic heterocycles. The number of piperidine rings is 1. The average molecular weight is 365 g/mol. The Labute approximate surface area is 147 Å². The summed E-state index contributed by atoms with van der Waals surface area (Å²) >= 11 is 5.95. The molecule has 1 aromatic rings. The molecule has 7 heteroatoms. The van der Waals surface area contributed by atoms with Gasteiger partial charge in [-0.1, -0.05) is 17.7 Å². The van der Waals surface area contributed by atoms with Gasteiger partial charge in [-0.2, -0.15) is 0 Å². The molecule has 130 valence electrons. The Morgan fingerprint density at radius 3 is 2.74 bits per heavy atom. The van der Waals surface area contributed by atoms with Crippen LogP contribution >= 0.6 is 24.0 Å². The van der Waals surface area contributed by atoms with Crippen LogP contribution in [0.2, 0.25) is 5.02 Å². The van der Waals surface area contributed by atoms with Crippen LogP contribution in [0.25, 0.3) is 0 Å². The largest absolute Gasteiger partial charge is 0.384 e. The third-order valence-corrected chi connectivity index (χ3v) is 4.53. The Morgan fingerprint density at radius 1 is 1.43 bits per heavy atom. The van der Waals surface area contributed by atoms with Gasteiger partial charge in [-0.3, -0.25) is 4.79 Å². The lowest BCUT2D eigenvalue weighted by molar-refractivity contribution is -0.121. The third-order valence-electron chi connectivity index (χ3n) is 4.17. The van der Waals surface area contributed by atoms with Crippen LogP contribution in [0.15, 0.2) is 18.2 Å². The van der Waals surface area contributed by atoms with E-state index < -0.39 is 5.82 Å². The molecule has 0 radical (unpaired) electrons. The van der Waals surface area contributed by atoms with Gasteiger partial charge in [-0.15, -0.1) is 12.4 Å². The maximum Gasteiger partial charge on any atom is 0.224 e. The van der Waals surface area contributed by atoms with Crippen molar-refractivity contribution in [2.75, 3.05) is 33.4 Å². The maximum atomic E-state index is 13.7. The molecule has 0 spiro atoms. The molecule has 4 nitrogen and oxygen atoms in total. The van der Waals surface area contributed by atoms with Gasteiger partial charge in [-0.25, -0.2) is 4.39 Å². The molecule has 23 heavy (non-hydrogen) atoms. The van der Waals surface area contributed by atoms with Crippen LogP contribution in [0.4, 0.5) is 4.39 Å². The van der Waals surface area contributed by atoms with E-state index in [1.165, 1.54) is 12.1 Å². The fraction of sp³-hybridized carbons (Fsp3) is 0.562. The monoisotopic (exact) mass is 364 g/mol. The predicted molar refractivity (Wildman–Crippen MR) is 91.8 cm³/mol. The van der Waals surface area contributed by atoms with Crippen molar-refractivity contribution in [2.45, 2.75) is 19.3 Å². The van der Waals surface area contributed by atoms with E-state index in [0.717, 1.165) is 25.9 Å². The van der Waals surface area contributed by atoms with Gasteiger partial charge in [0.2, 0.25) is 5.91 Å². The van der Waals surface area contributed by atoms with Crippen LogP contribution in [0.3, 0.4) is 0 Å². The number of halogens is 3. The van der Waals surface area contributed by atoms with Gasteiger partial charge < -0.3 is 15.4 Å². The van der Waals surface area contributed by atoms with Crippen molar-refractivity contribution in [3.8, 4) is 0 Å². The number of rotatable bonds is 6. The van der Waals surface area contributed by atoms with Crippen LogP contribution in [-0.2, 0) is 16.0 Å². The Balaban J connectivity index is 0.00000264. The van der Waals surface area contributed by atoms with Crippen molar-refractivity contribution in [3.63, 3.8) is 0 Å². The highest BCUT2D eigenvalue weighted by atomic mass is 35.5. The summed E-state index contributed by atoms with van der Waals surface area (Å²) < 4.78 is 19.0.